The largest absolute Gasteiger partial charge is 0.466 e. The number of hydrogen-bond acceptors (Lipinski definition) is 2. The summed E-state index contributed by atoms with van der Waals surface area (Å²) in [4.78, 5) is 11.4. The van der Waals surface area contributed by atoms with E-state index in [1.807, 2.05) is 6.92 Å². The zero-order valence-corrected chi connectivity index (χ0v) is 10.6. The summed E-state index contributed by atoms with van der Waals surface area (Å²) in [5, 5.41) is 0. The van der Waals surface area contributed by atoms with Crippen LogP contribution < -0.4 is 0 Å². The van der Waals surface area contributed by atoms with Crippen LogP contribution in [0.5, 0.6) is 0 Å². The Kier molecular flexibility index (Phi) is 9.65. The lowest BCUT2D eigenvalue weighted by Gasteiger charge is -2.15. The van der Waals surface area contributed by atoms with E-state index in [2.05, 4.69) is 13.8 Å². The van der Waals surface area contributed by atoms with E-state index in [-0.39, 0.29) is 5.97 Å². The van der Waals surface area contributed by atoms with Gasteiger partial charge in [0.25, 0.3) is 0 Å². The molecule has 2 nitrogen and oxygen atoms in total. The van der Waals surface area contributed by atoms with Crippen LogP contribution in [0.15, 0.2) is 0 Å². The number of carbonyl (C=O) groups excluding carboxylic acids is 1. The van der Waals surface area contributed by atoms with Crippen LogP contribution in [0.3, 0.4) is 0 Å². The Morgan fingerprint density at radius 3 is 2.00 bits per heavy atom. The number of hydrogen-bond donors (Lipinski definition) is 0. The quantitative estimate of drug-likeness (QED) is 0.543. The highest BCUT2D eigenvalue weighted by atomic mass is 16.5. The molecule has 0 fully saturated rings. The van der Waals surface area contributed by atoms with E-state index in [4.69, 9.17) is 4.74 Å². The fourth-order valence-corrected chi connectivity index (χ4v) is 1.79. The Bertz CT molecular complexity index is 147. The highest BCUT2D eigenvalue weighted by molar-refractivity contribution is 5.69. The standard InChI is InChI=1S/C13H26O2/c1-4-7-9-12(10-8-5-2)11-13(14)15-6-3/h12H,4-11H2,1-3H3. The smallest absolute Gasteiger partial charge is 0.306 e. The third kappa shape index (κ3) is 8.46. The van der Waals surface area contributed by atoms with E-state index in [0.717, 1.165) is 0 Å². The molecule has 90 valence electrons. The molecule has 0 unspecified atom stereocenters. The van der Waals surface area contributed by atoms with Gasteiger partial charge in [0.2, 0.25) is 0 Å². The number of unbranched alkanes of at least 4 members (excludes halogenated alkanes) is 2. The molecule has 0 aromatic heterocycles. The summed E-state index contributed by atoms with van der Waals surface area (Å²) in [7, 11) is 0. The van der Waals surface area contributed by atoms with Gasteiger partial charge in [-0.25, -0.2) is 0 Å². The molecule has 0 saturated carbocycles. The Morgan fingerprint density at radius 1 is 1.07 bits per heavy atom. The Hall–Kier alpha value is -0.530. The maximum Gasteiger partial charge on any atom is 0.306 e. The van der Waals surface area contributed by atoms with Gasteiger partial charge in [0.05, 0.1) is 6.61 Å². The van der Waals surface area contributed by atoms with E-state index in [0.29, 0.717) is 18.9 Å². The fraction of sp³-hybridized carbons (Fsp3) is 0.923. The van der Waals surface area contributed by atoms with E-state index < -0.39 is 0 Å². The molecule has 15 heavy (non-hydrogen) atoms. The summed E-state index contributed by atoms with van der Waals surface area (Å²) < 4.78 is 4.99. The lowest BCUT2D eigenvalue weighted by Crippen LogP contribution is -2.11. The van der Waals surface area contributed by atoms with Crippen molar-refractivity contribution in [2.75, 3.05) is 6.61 Å². The Morgan fingerprint density at radius 2 is 1.60 bits per heavy atom. The summed E-state index contributed by atoms with van der Waals surface area (Å²) in [5.41, 5.74) is 0. The van der Waals surface area contributed by atoms with E-state index in [1.54, 1.807) is 0 Å². The van der Waals surface area contributed by atoms with Crippen LogP contribution >= 0.6 is 0 Å². The first-order chi connectivity index (χ1) is 7.24. The number of rotatable bonds is 9. The molecule has 0 bridgehead atoms. The summed E-state index contributed by atoms with van der Waals surface area (Å²) in [5.74, 6) is 0.527. The molecule has 0 aliphatic heterocycles. The predicted molar refractivity (Wildman–Crippen MR) is 63.8 cm³/mol. The van der Waals surface area contributed by atoms with Gasteiger partial charge in [-0.1, -0.05) is 39.5 Å². The van der Waals surface area contributed by atoms with Crippen molar-refractivity contribution < 1.29 is 9.53 Å². The van der Waals surface area contributed by atoms with Crippen LogP contribution in [0.4, 0.5) is 0 Å². The minimum atomic E-state index is -0.0188. The second kappa shape index (κ2) is 10.0. The molecule has 0 aromatic rings. The van der Waals surface area contributed by atoms with Crippen molar-refractivity contribution >= 4 is 5.97 Å². The Labute approximate surface area is 94.4 Å². The molecule has 0 rings (SSSR count). The van der Waals surface area contributed by atoms with Gasteiger partial charge in [0, 0.05) is 6.42 Å². The first-order valence-corrected chi connectivity index (χ1v) is 6.40. The van der Waals surface area contributed by atoms with Crippen LogP contribution in [0.2, 0.25) is 0 Å². The summed E-state index contributed by atoms with van der Waals surface area (Å²) in [6, 6.07) is 0. The van der Waals surface area contributed by atoms with Crippen LogP contribution in [0.1, 0.15) is 65.7 Å². The molecular formula is C13H26O2. The van der Waals surface area contributed by atoms with Gasteiger partial charge in [0.15, 0.2) is 0 Å². The number of esters is 1. The molecule has 0 aromatic carbocycles. The minimum absolute atomic E-state index is 0.0188. The van der Waals surface area contributed by atoms with Gasteiger partial charge >= 0.3 is 5.97 Å². The second-order valence-electron chi connectivity index (χ2n) is 4.16. The maximum atomic E-state index is 11.4. The molecule has 2 heteroatoms. The lowest BCUT2D eigenvalue weighted by atomic mass is 9.93. The van der Waals surface area contributed by atoms with Gasteiger partial charge < -0.3 is 4.74 Å². The molecule has 0 N–H and O–H groups in total. The Balaban J connectivity index is 3.82. The molecule has 0 amide bonds. The SMILES string of the molecule is CCCCC(CCCC)CC(=O)OCC. The van der Waals surface area contributed by atoms with Gasteiger partial charge in [-0.15, -0.1) is 0 Å². The summed E-state index contributed by atoms with van der Waals surface area (Å²) in [6.07, 6.45) is 7.86. The third-order valence-corrected chi connectivity index (χ3v) is 2.69. The van der Waals surface area contributed by atoms with Crippen molar-refractivity contribution in [2.45, 2.75) is 65.7 Å². The van der Waals surface area contributed by atoms with E-state index >= 15 is 0 Å². The summed E-state index contributed by atoms with van der Waals surface area (Å²) >= 11 is 0. The highest BCUT2D eigenvalue weighted by Crippen LogP contribution is 2.20. The molecular weight excluding hydrogens is 188 g/mol. The van der Waals surface area contributed by atoms with E-state index in [9.17, 15) is 4.79 Å². The monoisotopic (exact) mass is 214 g/mol. The average molecular weight is 214 g/mol. The number of ether oxygens (including phenoxy) is 1. The van der Waals surface area contributed by atoms with Gasteiger partial charge in [-0.3, -0.25) is 4.79 Å². The van der Waals surface area contributed by atoms with Crippen molar-refractivity contribution in [3.63, 3.8) is 0 Å². The first kappa shape index (κ1) is 14.5. The summed E-state index contributed by atoms with van der Waals surface area (Å²) in [6.45, 7) is 6.76. The molecule has 0 spiro atoms. The van der Waals surface area contributed by atoms with Crippen LogP contribution in [-0.2, 0) is 9.53 Å². The second-order valence-corrected chi connectivity index (χ2v) is 4.16. The molecule has 0 aliphatic carbocycles. The minimum Gasteiger partial charge on any atom is -0.466 e. The molecule has 0 heterocycles. The number of carbonyl (C=O) groups is 1. The van der Waals surface area contributed by atoms with Crippen molar-refractivity contribution in [2.24, 2.45) is 5.92 Å². The van der Waals surface area contributed by atoms with Crippen molar-refractivity contribution in [1.82, 2.24) is 0 Å². The maximum absolute atomic E-state index is 11.4. The van der Waals surface area contributed by atoms with Crippen LogP contribution in [0.25, 0.3) is 0 Å². The normalized spacial score (nSPS) is 10.7. The van der Waals surface area contributed by atoms with Crippen LogP contribution in [0, 0.1) is 5.92 Å². The molecule has 0 saturated heterocycles. The molecule has 0 aliphatic rings. The molecule has 0 radical (unpaired) electrons. The predicted octanol–water partition coefficient (Wildman–Crippen LogP) is 3.94. The molecule has 0 atom stereocenters. The van der Waals surface area contributed by atoms with Crippen molar-refractivity contribution in [3.8, 4) is 0 Å². The van der Waals surface area contributed by atoms with Gasteiger partial charge in [0.1, 0.15) is 0 Å². The zero-order valence-electron chi connectivity index (χ0n) is 10.6. The fourth-order valence-electron chi connectivity index (χ4n) is 1.79. The van der Waals surface area contributed by atoms with E-state index in [1.165, 1.54) is 38.5 Å². The topological polar surface area (TPSA) is 26.3 Å². The van der Waals surface area contributed by atoms with Gasteiger partial charge in [-0.05, 0) is 25.7 Å². The van der Waals surface area contributed by atoms with Crippen molar-refractivity contribution in [3.05, 3.63) is 0 Å². The van der Waals surface area contributed by atoms with Gasteiger partial charge in [-0.2, -0.15) is 0 Å². The third-order valence-electron chi connectivity index (χ3n) is 2.69. The highest BCUT2D eigenvalue weighted by Gasteiger charge is 2.13. The lowest BCUT2D eigenvalue weighted by molar-refractivity contribution is -0.144. The average Bonchev–Trinajstić information content (AvgIpc) is 2.22. The first-order valence-electron chi connectivity index (χ1n) is 6.40. The zero-order chi connectivity index (χ0) is 11.5. The van der Waals surface area contributed by atoms with Crippen molar-refractivity contribution in [1.29, 1.82) is 0 Å². The van der Waals surface area contributed by atoms with Crippen LogP contribution in [-0.4, -0.2) is 12.6 Å².